The maximum Gasteiger partial charge on any atom is 0.239 e. The van der Waals surface area contributed by atoms with E-state index in [9.17, 15) is 0 Å². The molecule has 2 aromatic heterocycles. The van der Waals surface area contributed by atoms with Crippen LogP contribution in [0, 0.1) is 6.92 Å². The molecule has 7 nitrogen and oxygen atoms in total. The van der Waals surface area contributed by atoms with Gasteiger partial charge in [0.25, 0.3) is 0 Å². The summed E-state index contributed by atoms with van der Waals surface area (Å²) in [5.74, 6) is 6.21. The highest BCUT2D eigenvalue weighted by atomic mass is 15.4. The molecule has 0 bridgehead atoms. The molecule has 0 radical (unpaired) electrons. The highest BCUT2D eigenvalue weighted by molar-refractivity contribution is 5.32. The molecule has 0 saturated carbocycles. The number of nitrogen functional groups attached to an aromatic ring is 1. The summed E-state index contributed by atoms with van der Waals surface area (Å²) in [5, 5.41) is 3.95. The molecule has 2 aromatic rings. The quantitative estimate of drug-likeness (QED) is 0.497. The van der Waals surface area contributed by atoms with E-state index in [0.29, 0.717) is 11.8 Å². The highest BCUT2D eigenvalue weighted by Gasteiger charge is 2.02. The predicted octanol–water partition coefficient (Wildman–Crippen LogP) is -0.349. The first-order valence-electron chi connectivity index (χ1n) is 3.97. The molecule has 3 N–H and O–H groups in total. The van der Waals surface area contributed by atoms with Gasteiger partial charge in [-0.1, -0.05) is 0 Å². The molecule has 7 heteroatoms. The zero-order chi connectivity index (χ0) is 9.97. The minimum Gasteiger partial charge on any atom is -0.292 e. The second-order valence-electron chi connectivity index (χ2n) is 2.68. The smallest absolute Gasteiger partial charge is 0.239 e. The van der Waals surface area contributed by atoms with E-state index < -0.39 is 0 Å². The van der Waals surface area contributed by atoms with Gasteiger partial charge in [-0.15, -0.1) is 0 Å². The summed E-state index contributed by atoms with van der Waals surface area (Å²) in [6.45, 7) is 1.85. The SMILES string of the molecule is Cc1cc(-n2cncn2)nc(NN)n1. The maximum atomic E-state index is 5.22. The average molecular weight is 191 g/mol. The standard InChI is InChI=1S/C7H9N7/c1-5-2-6(12-7(11-5)13-8)14-4-9-3-10-14/h2-4H,8H2,1H3,(H,11,12,13). The number of hydrogen-bond acceptors (Lipinski definition) is 6. The Morgan fingerprint density at radius 3 is 2.93 bits per heavy atom. The lowest BCUT2D eigenvalue weighted by atomic mass is 10.4. The van der Waals surface area contributed by atoms with Gasteiger partial charge in [0.1, 0.15) is 12.7 Å². The van der Waals surface area contributed by atoms with Crippen LogP contribution in [0.25, 0.3) is 5.82 Å². The first kappa shape index (κ1) is 8.57. The summed E-state index contributed by atoms with van der Waals surface area (Å²) in [4.78, 5) is 12.0. The number of rotatable bonds is 2. The van der Waals surface area contributed by atoms with Gasteiger partial charge in [-0.2, -0.15) is 10.1 Å². The van der Waals surface area contributed by atoms with Gasteiger partial charge in [-0.3, -0.25) is 5.43 Å². The second-order valence-corrected chi connectivity index (χ2v) is 2.68. The molecular formula is C7H9N7. The van der Waals surface area contributed by atoms with Crippen molar-refractivity contribution in [1.82, 2.24) is 24.7 Å². The number of hydrazine groups is 1. The lowest BCUT2D eigenvalue weighted by Crippen LogP contribution is -2.12. The lowest BCUT2D eigenvalue weighted by molar-refractivity contribution is 0.834. The number of aryl methyl sites for hydroxylation is 1. The number of aromatic nitrogens is 5. The van der Waals surface area contributed by atoms with Crippen molar-refractivity contribution in [2.45, 2.75) is 6.92 Å². The minimum atomic E-state index is 0.357. The molecule has 0 aliphatic rings. The zero-order valence-electron chi connectivity index (χ0n) is 7.55. The first-order chi connectivity index (χ1) is 6.79. The van der Waals surface area contributed by atoms with Crippen LogP contribution in [0.3, 0.4) is 0 Å². The third-order valence-corrected chi connectivity index (χ3v) is 1.62. The van der Waals surface area contributed by atoms with Crippen molar-refractivity contribution < 1.29 is 0 Å². The van der Waals surface area contributed by atoms with Crippen molar-refractivity contribution in [2.75, 3.05) is 5.43 Å². The van der Waals surface area contributed by atoms with E-state index in [2.05, 4.69) is 25.5 Å². The van der Waals surface area contributed by atoms with E-state index in [0.717, 1.165) is 5.69 Å². The molecule has 2 rings (SSSR count). The fourth-order valence-corrected chi connectivity index (χ4v) is 1.06. The van der Waals surface area contributed by atoms with Crippen LogP contribution in [-0.2, 0) is 0 Å². The van der Waals surface area contributed by atoms with E-state index in [1.165, 1.54) is 11.0 Å². The minimum absolute atomic E-state index is 0.357. The Morgan fingerprint density at radius 2 is 2.29 bits per heavy atom. The fraction of sp³-hybridized carbons (Fsp3) is 0.143. The largest absolute Gasteiger partial charge is 0.292 e. The number of nitrogens with zero attached hydrogens (tertiary/aromatic N) is 5. The summed E-state index contributed by atoms with van der Waals surface area (Å²) in [5.41, 5.74) is 3.19. The van der Waals surface area contributed by atoms with Crippen molar-refractivity contribution in [2.24, 2.45) is 5.84 Å². The summed E-state index contributed by atoms with van der Waals surface area (Å²) >= 11 is 0. The van der Waals surface area contributed by atoms with Crippen LogP contribution in [0.4, 0.5) is 5.95 Å². The molecule has 0 saturated heterocycles. The van der Waals surface area contributed by atoms with Crippen molar-refractivity contribution in [3.05, 3.63) is 24.4 Å². The van der Waals surface area contributed by atoms with Crippen LogP contribution in [0.1, 0.15) is 5.69 Å². The number of nitrogens with one attached hydrogen (secondary N) is 1. The van der Waals surface area contributed by atoms with E-state index in [1.54, 1.807) is 12.4 Å². The van der Waals surface area contributed by atoms with Gasteiger partial charge in [-0.05, 0) is 6.92 Å². The Balaban J connectivity index is 2.48. The number of anilines is 1. The monoisotopic (exact) mass is 191 g/mol. The van der Waals surface area contributed by atoms with Crippen LogP contribution >= 0.6 is 0 Å². The second kappa shape index (κ2) is 3.38. The van der Waals surface area contributed by atoms with Gasteiger partial charge in [0.05, 0.1) is 0 Å². The van der Waals surface area contributed by atoms with Crippen LogP contribution in [0.2, 0.25) is 0 Å². The normalized spacial score (nSPS) is 10.1. The average Bonchev–Trinajstić information content (AvgIpc) is 2.69. The fourth-order valence-electron chi connectivity index (χ4n) is 1.06. The Kier molecular flexibility index (Phi) is 2.07. The first-order valence-corrected chi connectivity index (χ1v) is 3.97. The van der Waals surface area contributed by atoms with Gasteiger partial charge in [-0.25, -0.2) is 20.5 Å². The summed E-state index contributed by atoms with van der Waals surface area (Å²) in [6, 6.07) is 1.79. The van der Waals surface area contributed by atoms with Gasteiger partial charge in [0, 0.05) is 11.8 Å². The van der Waals surface area contributed by atoms with E-state index in [-0.39, 0.29) is 0 Å². The van der Waals surface area contributed by atoms with Crippen LogP contribution in [0.5, 0.6) is 0 Å². The van der Waals surface area contributed by atoms with Crippen molar-refractivity contribution in [1.29, 1.82) is 0 Å². The van der Waals surface area contributed by atoms with Gasteiger partial charge >= 0.3 is 0 Å². The van der Waals surface area contributed by atoms with Crippen LogP contribution in [0.15, 0.2) is 18.7 Å². The molecule has 0 aliphatic carbocycles. The highest BCUT2D eigenvalue weighted by Crippen LogP contribution is 2.06. The van der Waals surface area contributed by atoms with Gasteiger partial charge < -0.3 is 0 Å². The number of nitrogens with two attached hydrogens (primary N) is 1. The zero-order valence-corrected chi connectivity index (χ0v) is 7.55. The van der Waals surface area contributed by atoms with Crippen LogP contribution < -0.4 is 11.3 Å². The molecule has 0 aromatic carbocycles. The Bertz CT molecular complexity index is 422. The Morgan fingerprint density at radius 1 is 1.43 bits per heavy atom. The summed E-state index contributed by atoms with van der Waals surface area (Å²) < 4.78 is 1.54. The summed E-state index contributed by atoms with van der Waals surface area (Å²) in [6.07, 6.45) is 3.00. The molecular weight excluding hydrogens is 182 g/mol. The molecule has 72 valence electrons. The Hall–Kier alpha value is -2.02. The van der Waals surface area contributed by atoms with Crippen molar-refractivity contribution in [3.63, 3.8) is 0 Å². The third kappa shape index (κ3) is 1.52. The molecule has 0 aliphatic heterocycles. The topological polar surface area (TPSA) is 94.5 Å². The predicted molar refractivity (Wildman–Crippen MR) is 49.5 cm³/mol. The maximum absolute atomic E-state index is 5.22. The lowest BCUT2D eigenvalue weighted by Gasteiger charge is -2.03. The number of hydrogen-bond donors (Lipinski definition) is 2. The molecule has 0 spiro atoms. The third-order valence-electron chi connectivity index (χ3n) is 1.62. The Labute approximate surface area is 80.0 Å². The van der Waals surface area contributed by atoms with Gasteiger partial charge in [0.15, 0.2) is 5.82 Å². The van der Waals surface area contributed by atoms with Crippen molar-refractivity contribution in [3.8, 4) is 5.82 Å². The van der Waals surface area contributed by atoms with Crippen LogP contribution in [-0.4, -0.2) is 24.7 Å². The molecule has 0 atom stereocenters. The molecule has 0 fully saturated rings. The van der Waals surface area contributed by atoms with E-state index in [1.807, 2.05) is 6.92 Å². The molecule has 0 unspecified atom stereocenters. The molecule has 2 heterocycles. The van der Waals surface area contributed by atoms with Gasteiger partial charge in [0.2, 0.25) is 5.95 Å². The molecule has 14 heavy (non-hydrogen) atoms. The van der Waals surface area contributed by atoms with E-state index >= 15 is 0 Å². The molecule has 0 amide bonds. The van der Waals surface area contributed by atoms with E-state index in [4.69, 9.17) is 5.84 Å². The summed E-state index contributed by atoms with van der Waals surface area (Å²) in [7, 11) is 0. The van der Waals surface area contributed by atoms with Crippen molar-refractivity contribution >= 4 is 5.95 Å².